The van der Waals surface area contributed by atoms with E-state index in [1.165, 1.54) is 11.0 Å². The fourth-order valence-electron chi connectivity index (χ4n) is 1.61. The molecule has 0 unspecified atom stereocenters. The third kappa shape index (κ3) is 4.31. The molecule has 0 saturated heterocycles. The minimum absolute atomic E-state index is 0.0291. The minimum Gasteiger partial charge on any atom is -0.484 e. The average Bonchev–Trinajstić information content (AvgIpc) is 3.04. The molecule has 114 valence electrons. The Bertz CT molecular complexity index is 658. The number of likely N-dealkylation sites (N-methyl/N-ethyl adjacent to an activating group) is 1. The number of imidazole rings is 1. The number of hydrogen-bond donors (Lipinski definition) is 1. The van der Waals surface area contributed by atoms with Crippen molar-refractivity contribution in [2.75, 3.05) is 20.7 Å². The van der Waals surface area contributed by atoms with Gasteiger partial charge in [-0.15, -0.1) is 0 Å². The summed E-state index contributed by atoms with van der Waals surface area (Å²) in [5.41, 5.74) is 0.536. The average molecular weight is 299 g/mol. The largest absolute Gasteiger partial charge is 0.484 e. The van der Waals surface area contributed by atoms with E-state index < -0.39 is 0 Å². The van der Waals surface area contributed by atoms with Crippen LogP contribution in [0.1, 0.15) is 16.2 Å². The first kappa shape index (κ1) is 15.5. The summed E-state index contributed by atoms with van der Waals surface area (Å²) in [7, 11) is 3.33. The summed E-state index contributed by atoms with van der Waals surface area (Å²) < 4.78 is 5.35. The summed E-state index contributed by atoms with van der Waals surface area (Å²) in [6, 6.07) is 6.64. The lowest BCUT2D eigenvalue weighted by atomic mass is 10.1. The topological polar surface area (TPSA) is 75.3 Å². The number of ketones is 1. The van der Waals surface area contributed by atoms with Crippen molar-refractivity contribution < 1.29 is 14.3 Å². The van der Waals surface area contributed by atoms with Gasteiger partial charge in [-0.2, -0.15) is 0 Å². The van der Waals surface area contributed by atoms with Gasteiger partial charge in [0.25, 0.3) is 5.91 Å². The van der Waals surface area contributed by atoms with Crippen LogP contribution in [0.15, 0.2) is 42.7 Å². The molecule has 1 aromatic heterocycles. The van der Waals surface area contributed by atoms with Crippen molar-refractivity contribution in [2.45, 2.75) is 0 Å². The number of aromatic amines is 1. The normalized spacial score (nSPS) is 10.6. The number of ether oxygens (including phenoxy) is 1. The lowest BCUT2D eigenvalue weighted by Gasteiger charge is -2.11. The van der Waals surface area contributed by atoms with E-state index in [4.69, 9.17) is 4.74 Å². The Morgan fingerprint density at radius 1 is 1.27 bits per heavy atom. The second kappa shape index (κ2) is 7.21. The lowest BCUT2D eigenvalue weighted by Crippen LogP contribution is -2.27. The van der Waals surface area contributed by atoms with Gasteiger partial charge in [-0.1, -0.05) is 0 Å². The molecule has 6 nitrogen and oxygen atoms in total. The molecule has 1 aromatic carbocycles. The number of allylic oxidation sites excluding steroid dienone is 1. The molecule has 0 saturated carbocycles. The van der Waals surface area contributed by atoms with E-state index >= 15 is 0 Å². The van der Waals surface area contributed by atoms with Gasteiger partial charge in [-0.05, 0) is 36.4 Å². The molecule has 0 radical (unpaired) electrons. The van der Waals surface area contributed by atoms with Crippen LogP contribution in [0.25, 0.3) is 6.08 Å². The Morgan fingerprint density at radius 3 is 2.59 bits per heavy atom. The number of carbonyl (C=O) groups is 2. The van der Waals surface area contributed by atoms with Gasteiger partial charge in [0.15, 0.2) is 12.4 Å². The van der Waals surface area contributed by atoms with Crippen molar-refractivity contribution >= 4 is 17.8 Å². The van der Waals surface area contributed by atoms with E-state index in [9.17, 15) is 9.59 Å². The van der Waals surface area contributed by atoms with Crippen LogP contribution in [0, 0.1) is 0 Å². The van der Waals surface area contributed by atoms with Crippen LogP contribution < -0.4 is 4.74 Å². The predicted octanol–water partition coefficient (Wildman–Crippen LogP) is 1.77. The van der Waals surface area contributed by atoms with E-state index in [1.54, 1.807) is 56.8 Å². The van der Waals surface area contributed by atoms with Crippen molar-refractivity contribution in [3.05, 3.63) is 54.1 Å². The summed E-state index contributed by atoms with van der Waals surface area (Å²) in [6.45, 7) is -0.0291. The van der Waals surface area contributed by atoms with Crippen molar-refractivity contribution in [2.24, 2.45) is 0 Å². The van der Waals surface area contributed by atoms with Gasteiger partial charge in [0.05, 0.1) is 0 Å². The van der Waals surface area contributed by atoms with E-state index in [2.05, 4.69) is 9.97 Å². The Balaban J connectivity index is 1.93. The molecule has 22 heavy (non-hydrogen) atoms. The van der Waals surface area contributed by atoms with Crippen LogP contribution >= 0.6 is 0 Å². The van der Waals surface area contributed by atoms with E-state index in [0.717, 1.165) is 0 Å². The standard InChI is InChI=1S/C16H17N3O3/c1-19(2)16(21)11-22-13-5-3-12(4-6-13)14(20)7-8-15-17-9-10-18-15/h3-10H,11H2,1-2H3,(H,17,18)/b8-7-. The van der Waals surface area contributed by atoms with Crippen LogP contribution in [0.2, 0.25) is 0 Å². The molecule has 0 bridgehead atoms. The molecule has 1 N–H and O–H groups in total. The Hall–Kier alpha value is -2.89. The Kier molecular flexibility index (Phi) is 5.08. The SMILES string of the molecule is CN(C)C(=O)COc1ccc(C(=O)/C=C\c2ncc[nH]2)cc1. The van der Waals surface area contributed by atoms with Gasteiger partial charge in [0.1, 0.15) is 11.6 Å². The molecular formula is C16H17N3O3. The van der Waals surface area contributed by atoms with Crippen molar-refractivity contribution in [3.63, 3.8) is 0 Å². The van der Waals surface area contributed by atoms with Gasteiger partial charge in [-0.25, -0.2) is 4.98 Å². The summed E-state index contributed by atoms with van der Waals surface area (Å²) >= 11 is 0. The molecule has 6 heteroatoms. The first-order valence-electron chi connectivity index (χ1n) is 6.71. The summed E-state index contributed by atoms with van der Waals surface area (Å²) in [6.07, 6.45) is 6.36. The number of hydrogen-bond acceptors (Lipinski definition) is 4. The van der Waals surface area contributed by atoms with Crippen LogP contribution in [-0.4, -0.2) is 47.3 Å². The maximum atomic E-state index is 12.0. The van der Waals surface area contributed by atoms with E-state index in [-0.39, 0.29) is 18.3 Å². The monoisotopic (exact) mass is 299 g/mol. The van der Waals surface area contributed by atoms with Crippen LogP contribution in [-0.2, 0) is 4.79 Å². The Labute approximate surface area is 128 Å². The minimum atomic E-state index is -0.132. The van der Waals surface area contributed by atoms with Gasteiger partial charge >= 0.3 is 0 Å². The number of nitrogens with one attached hydrogen (secondary N) is 1. The van der Waals surface area contributed by atoms with Gasteiger partial charge in [0.2, 0.25) is 0 Å². The predicted molar refractivity (Wildman–Crippen MR) is 82.6 cm³/mol. The number of aromatic nitrogens is 2. The molecule has 0 fully saturated rings. The number of rotatable bonds is 6. The van der Waals surface area contributed by atoms with Gasteiger partial charge < -0.3 is 14.6 Å². The lowest BCUT2D eigenvalue weighted by molar-refractivity contribution is -0.130. The zero-order chi connectivity index (χ0) is 15.9. The molecule has 1 heterocycles. The number of nitrogens with zero attached hydrogens (tertiary/aromatic N) is 2. The molecule has 0 aliphatic carbocycles. The summed E-state index contributed by atoms with van der Waals surface area (Å²) in [5, 5.41) is 0. The fraction of sp³-hybridized carbons (Fsp3) is 0.188. The van der Waals surface area contributed by atoms with Crippen LogP contribution in [0.3, 0.4) is 0 Å². The third-order valence-electron chi connectivity index (χ3n) is 2.91. The highest BCUT2D eigenvalue weighted by molar-refractivity contribution is 6.06. The number of amides is 1. The molecule has 0 spiro atoms. The van der Waals surface area contributed by atoms with Gasteiger partial charge in [0, 0.05) is 32.1 Å². The maximum Gasteiger partial charge on any atom is 0.259 e. The van der Waals surface area contributed by atoms with Crippen molar-refractivity contribution in [1.29, 1.82) is 0 Å². The smallest absolute Gasteiger partial charge is 0.259 e. The highest BCUT2D eigenvalue weighted by atomic mass is 16.5. The molecular weight excluding hydrogens is 282 g/mol. The van der Waals surface area contributed by atoms with E-state index in [1.807, 2.05) is 0 Å². The molecule has 1 amide bonds. The second-order valence-corrected chi connectivity index (χ2v) is 4.77. The van der Waals surface area contributed by atoms with Crippen LogP contribution in [0.5, 0.6) is 5.75 Å². The Morgan fingerprint density at radius 2 is 2.00 bits per heavy atom. The first-order chi connectivity index (χ1) is 10.6. The quantitative estimate of drug-likeness (QED) is 0.651. The number of carbonyl (C=O) groups excluding carboxylic acids is 2. The summed E-state index contributed by atoms with van der Waals surface area (Å²) in [4.78, 5) is 31.7. The van der Waals surface area contributed by atoms with Crippen LogP contribution in [0.4, 0.5) is 0 Å². The molecule has 0 aliphatic rings. The molecule has 0 aliphatic heterocycles. The maximum absolute atomic E-state index is 12.0. The zero-order valence-electron chi connectivity index (χ0n) is 12.4. The third-order valence-corrected chi connectivity index (χ3v) is 2.91. The van der Waals surface area contributed by atoms with Crippen molar-refractivity contribution in [3.8, 4) is 5.75 Å². The molecule has 2 rings (SSSR count). The second-order valence-electron chi connectivity index (χ2n) is 4.77. The van der Waals surface area contributed by atoms with Crippen molar-refractivity contribution in [1.82, 2.24) is 14.9 Å². The zero-order valence-corrected chi connectivity index (χ0v) is 12.4. The number of benzene rings is 1. The highest BCUT2D eigenvalue weighted by Gasteiger charge is 2.06. The highest BCUT2D eigenvalue weighted by Crippen LogP contribution is 2.13. The first-order valence-corrected chi connectivity index (χ1v) is 6.71. The molecule has 2 aromatic rings. The number of H-pyrrole nitrogens is 1. The van der Waals surface area contributed by atoms with E-state index in [0.29, 0.717) is 17.1 Å². The van der Waals surface area contributed by atoms with Gasteiger partial charge in [-0.3, -0.25) is 9.59 Å². The molecule has 0 atom stereocenters. The summed E-state index contributed by atoms with van der Waals surface area (Å²) in [5.74, 6) is 0.908. The fourth-order valence-corrected chi connectivity index (χ4v) is 1.61.